The first-order valence-corrected chi connectivity index (χ1v) is 12.2. The largest absolute Gasteiger partial charge is 0.383 e. The van der Waals surface area contributed by atoms with Gasteiger partial charge in [-0.1, -0.05) is 19.3 Å². The van der Waals surface area contributed by atoms with Gasteiger partial charge in [0.2, 0.25) is 11.8 Å². The molecule has 2 amide bonds. The SMILES string of the molecule is COCCNC(=O)CN1CCCC1c1nc(C)c2c(n1)N(CC1CCCCC1)C(=O)CC2. The van der Waals surface area contributed by atoms with E-state index in [2.05, 4.69) is 10.2 Å². The highest BCUT2D eigenvalue weighted by Crippen LogP contribution is 2.35. The minimum atomic E-state index is -0.00210. The van der Waals surface area contributed by atoms with Crippen LogP contribution in [-0.2, 0) is 20.7 Å². The maximum atomic E-state index is 12.9. The number of hydrogen-bond donors (Lipinski definition) is 1. The molecule has 1 aliphatic carbocycles. The van der Waals surface area contributed by atoms with Gasteiger partial charge in [-0.25, -0.2) is 9.97 Å². The van der Waals surface area contributed by atoms with Crippen LogP contribution in [-0.4, -0.2) is 66.6 Å². The van der Waals surface area contributed by atoms with Gasteiger partial charge in [-0.3, -0.25) is 19.4 Å². The summed E-state index contributed by atoms with van der Waals surface area (Å²) in [5, 5.41) is 2.90. The van der Waals surface area contributed by atoms with E-state index in [0.717, 1.165) is 55.3 Å². The molecule has 8 heteroatoms. The summed E-state index contributed by atoms with van der Waals surface area (Å²) in [7, 11) is 1.63. The van der Waals surface area contributed by atoms with Crippen LogP contribution in [0.25, 0.3) is 0 Å². The van der Waals surface area contributed by atoms with Crippen molar-refractivity contribution in [2.24, 2.45) is 5.92 Å². The van der Waals surface area contributed by atoms with Crippen molar-refractivity contribution in [2.75, 3.05) is 44.8 Å². The van der Waals surface area contributed by atoms with Gasteiger partial charge in [-0.2, -0.15) is 0 Å². The van der Waals surface area contributed by atoms with Crippen molar-refractivity contribution >= 4 is 17.6 Å². The van der Waals surface area contributed by atoms with Crippen molar-refractivity contribution in [3.8, 4) is 0 Å². The summed E-state index contributed by atoms with van der Waals surface area (Å²) in [5.74, 6) is 2.33. The number of amides is 2. The molecule has 1 aromatic rings. The van der Waals surface area contributed by atoms with E-state index in [1.54, 1.807) is 7.11 Å². The summed E-state index contributed by atoms with van der Waals surface area (Å²) >= 11 is 0. The molecule has 0 bridgehead atoms. The Morgan fingerprint density at radius 2 is 1.94 bits per heavy atom. The molecule has 1 unspecified atom stereocenters. The van der Waals surface area contributed by atoms with Crippen LogP contribution in [0.2, 0.25) is 0 Å². The summed E-state index contributed by atoms with van der Waals surface area (Å²) in [6.45, 7) is 5.02. The highest BCUT2D eigenvalue weighted by atomic mass is 16.5. The summed E-state index contributed by atoms with van der Waals surface area (Å²) in [6.07, 6.45) is 9.44. The predicted octanol–water partition coefficient (Wildman–Crippen LogP) is 2.54. The van der Waals surface area contributed by atoms with Crippen molar-refractivity contribution in [1.29, 1.82) is 0 Å². The Morgan fingerprint density at radius 1 is 1.12 bits per heavy atom. The number of hydrogen-bond acceptors (Lipinski definition) is 6. The fraction of sp³-hybridized carbons (Fsp3) is 0.750. The van der Waals surface area contributed by atoms with Crippen LogP contribution in [0.5, 0.6) is 0 Å². The number of fused-ring (bicyclic) bond motifs is 1. The van der Waals surface area contributed by atoms with Crippen LogP contribution < -0.4 is 10.2 Å². The number of carbonyl (C=O) groups is 2. The van der Waals surface area contributed by atoms with Crippen LogP contribution in [0.1, 0.15) is 74.5 Å². The van der Waals surface area contributed by atoms with Crippen LogP contribution in [0.3, 0.4) is 0 Å². The molecule has 3 aliphatic rings. The number of likely N-dealkylation sites (tertiary alicyclic amines) is 1. The van der Waals surface area contributed by atoms with Crippen LogP contribution in [0.4, 0.5) is 5.82 Å². The molecule has 1 saturated heterocycles. The first-order valence-electron chi connectivity index (χ1n) is 12.2. The lowest BCUT2D eigenvalue weighted by Gasteiger charge is -2.34. The smallest absolute Gasteiger partial charge is 0.234 e. The van der Waals surface area contributed by atoms with Gasteiger partial charge in [-0.05, 0) is 51.5 Å². The maximum Gasteiger partial charge on any atom is 0.234 e. The number of nitrogens with one attached hydrogen (secondary N) is 1. The Kier molecular flexibility index (Phi) is 7.73. The van der Waals surface area contributed by atoms with Gasteiger partial charge in [-0.15, -0.1) is 0 Å². The van der Waals surface area contributed by atoms with E-state index < -0.39 is 0 Å². The van der Waals surface area contributed by atoms with Crippen molar-refractivity contribution < 1.29 is 14.3 Å². The molecule has 8 nitrogen and oxygen atoms in total. The Bertz CT molecular complexity index is 824. The molecule has 1 atom stereocenters. The van der Waals surface area contributed by atoms with Crippen molar-refractivity contribution in [2.45, 2.75) is 70.8 Å². The molecule has 0 aromatic carbocycles. The third-order valence-electron chi connectivity index (χ3n) is 7.16. The first kappa shape index (κ1) is 23.1. The van der Waals surface area contributed by atoms with Gasteiger partial charge in [0, 0.05) is 37.9 Å². The molecule has 2 fully saturated rings. The maximum absolute atomic E-state index is 12.9. The Morgan fingerprint density at radius 3 is 2.72 bits per heavy atom. The van der Waals surface area contributed by atoms with Gasteiger partial charge in [0.25, 0.3) is 0 Å². The number of rotatable bonds is 8. The molecule has 1 N–H and O–H groups in total. The average molecular weight is 444 g/mol. The van der Waals surface area contributed by atoms with E-state index in [9.17, 15) is 9.59 Å². The summed E-state index contributed by atoms with van der Waals surface area (Å²) < 4.78 is 5.01. The number of aromatic nitrogens is 2. The van der Waals surface area contributed by atoms with E-state index in [1.807, 2.05) is 11.8 Å². The lowest BCUT2D eigenvalue weighted by Crippen LogP contribution is -2.41. The number of anilines is 1. The van der Waals surface area contributed by atoms with Crippen molar-refractivity contribution in [3.63, 3.8) is 0 Å². The predicted molar refractivity (Wildman–Crippen MR) is 122 cm³/mol. The number of nitrogens with zero attached hydrogens (tertiary/aromatic N) is 4. The number of aryl methyl sites for hydroxylation is 1. The van der Waals surface area contributed by atoms with Gasteiger partial charge in [0.15, 0.2) is 0 Å². The average Bonchev–Trinajstić information content (AvgIpc) is 3.24. The molecule has 3 heterocycles. The molecule has 0 radical (unpaired) electrons. The second-order valence-corrected chi connectivity index (χ2v) is 9.45. The second kappa shape index (κ2) is 10.7. The zero-order valence-corrected chi connectivity index (χ0v) is 19.6. The normalized spacial score (nSPS) is 22.2. The molecule has 1 saturated carbocycles. The number of methoxy groups -OCH3 is 1. The van der Waals surface area contributed by atoms with E-state index in [1.165, 1.54) is 32.1 Å². The third-order valence-corrected chi connectivity index (χ3v) is 7.16. The third kappa shape index (κ3) is 5.29. The highest BCUT2D eigenvalue weighted by Gasteiger charge is 2.34. The molecule has 4 rings (SSSR count). The van der Waals surface area contributed by atoms with Gasteiger partial charge in [0.05, 0.1) is 19.2 Å². The lowest BCUT2D eigenvalue weighted by molar-refractivity contribution is -0.122. The van der Waals surface area contributed by atoms with Crippen LogP contribution >= 0.6 is 0 Å². The summed E-state index contributed by atoms with van der Waals surface area (Å²) in [4.78, 5) is 39.2. The van der Waals surface area contributed by atoms with Crippen LogP contribution in [0, 0.1) is 12.8 Å². The Labute approximate surface area is 191 Å². The zero-order chi connectivity index (χ0) is 22.5. The fourth-order valence-electron chi connectivity index (χ4n) is 5.41. The summed E-state index contributed by atoms with van der Waals surface area (Å²) in [6, 6.07) is 0.0146. The topological polar surface area (TPSA) is 87.7 Å². The standard InChI is InChI=1S/C24H37N5O3/c1-17-19-10-11-22(31)29(15-18-7-4-3-5-8-18)24(19)27-23(26-17)20-9-6-13-28(20)16-21(30)25-12-14-32-2/h18,20H,3-16H2,1-2H3,(H,25,30). The van der Waals surface area contributed by atoms with Gasteiger partial charge < -0.3 is 10.1 Å². The molecule has 2 aliphatic heterocycles. The first-order chi connectivity index (χ1) is 15.6. The molecule has 176 valence electrons. The summed E-state index contributed by atoms with van der Waals surface area (Å²) in [5.41, 5.74) is 2.09. The monoisotopic (exact) mass is 443 g/mol. The van der Waals surface area contributed by atoms with E-state index >= 15 is 0 Å². The number of carbonyl (C=O) groups excluding carboxylic acids is 2. The van der Waals surface area contributed by atoms with Crippen molar-refractivity contribution in [3.05, 3.63) is 17.1 Å². The minimum Gasteiger partial charge on any atom is -0.383 e. The molecule has 1 aromatic heterocycles. The fourth-order valence-corrected chi connectivity index (χ4v) is 5.41. The van der Waals surface area contributed by atoms with Gasteiger partial charge in [0.1, 0.15) is 11.6 Å². The molecular weight excluding hydrogens is 406 g/mol. The highest BCUT2D eigenvalue weighted by molar-refractivity contribution is 5.95. The number of ether oxygens (including phenoxy) is 1. The molecule has 0 spiro atoms. The minimum absolute atomic E-state index is 0.00210. The quantitative estimate of drug-likeness (QED) is 0.622. The van der Waals surface area contributed by atoms with E-state index in [4.69, 9.17) is 14.7 Å². The molecular formula is C24H37N5O3. The van der Waals surface area contributed by atoms with Crippen molar-refractivity contribution in [1.82, 2.24) is 20.2 Å². The Balaban J connectivity index is 1.53. The molecule has 32 heavy (non-hydrogen) atoms. The Hall–Kier alpha value is -2.06. The lowest BCUT2D eigenvalue weighted by atomic mass is 9.88. The second-order valence-electron chi connectivity index (χ2n) is 9.45. The zero-order valence-electron chi connectivity index (χ0n) is 19.6. The van der Waals surface area contributed by atoms with Crippen LogP contribution in [0.15, 0.2) is 0 Å². The van der Waals surface area contributed by atoms with E-state index in [0.29, 0.717) is 32.0 Å². The van der Waals surface area contributed by atoms with E-state index in [-0.39, 0.29) is 17.9 Å². The van der Waals surface area contributed by atoms with Gasteiger partial charge >= 0.3 is 0 Å².